The van der Waals surface area contributed by atoms with E-state index in [1.165, 1.54) is 0 Å². The molecule has 2 atom stereocenters. The van der Waals surface area contributed by atoms with Crippen molar-refractivity contribution in [2.45, 2.75) is 26.1 Å². The van der Waals surface area contributed by atoms with Crippen LogP contribution in [0.2, 0.25) is 0 Å². The van der Waals surface area contributed by atoms with Gasteiger partial charge in [-0.05, 0) is 12.8 Å². The van der Waals surface area contributed by atoms with Crippen LogP contribution in [0.5, 0.6) is 0 Å². The molecule has 0 aromatic heterocycles. The van der Waals surface area contributed by atoms with Gasteiger partial charge in [-0.1, -0.05) is 6.92 Å². The topological polar surface area (TPSA) is 27.7 Å². The third-order valence-electron chi connectivity index (χ3n) is 2.03. The molecule has 0 saturated carbocycles. The fraction of sp³-hybridized carbons (Fsp3) is 1.00. The lowest BCUT2D eigenvalue weighted by Gasteiger charge is -2.16. The lowest BCUT2D eigenvalue weighted by Crippen LogP contribution is -2.20. The Morgan fingerprint density at radius 2 is 2.36 bits per heavy atom. The maximum Gasteiger partial charge on any atom is 0.163 e. The zero-order valence-electron chi connectivity index (χ0n) is 7.21. The van der Waals surface area contributed by atoms with Crippen LogP contribution in [0, 0.1) is 5.92 Å². The van der Waals surface area contributed by atoms with Crippen LogP contribution in [0.15, 0.2) is 0 Å². The third-order valence-corrected chi connectivity index (χ3v) is 2.03. The molecule has 0 aromatic carbocycles. The van der Waals surface area contributed by atoms with Gasteiger partial charge in [-0.25, -0.2) is 0 Å². The largest absolute Gasteiger partial charge is 0.359 e. The lowest BCUT2D eigenvalue weighted by atomic mass is 10.1. The molecule has 1 heterocycles. The second-order valence-electron chi connectivity index (χ2n) is 2.77. The summed E-state index contributed by atoms with van der Waals surface area (Å²) in [5, 5.41) is 0. The summed E-state index contributed by atoms with van der Waals surface area (Å²) in [6.07, 6.45) is 2.21. The highest BCUT2D eigenvalue weighted by Gasteiger charge is 2.26. The summed E-state index contributed by atoms with van der Waals surface area (Å²) in [6.45, 7) is 3.32. The smallest absolute Gasteiger partial charge is 0.163 e. The minimum Gasteiger partial charge on any atom is -0.359 e. The van der Waals surface area contributed by atoms with Crippen molar-refractivity contribution >= 4 is 0 Å². The molecule has 0 radical (unpaired) electrons. The zero-order chi connectivity index (χ0) is 8.10. The first-order valence-corrected chi connectivity index (χ1v) is 4.10. The first-order chi connectivity index (χ1) is 5.38. The first kappa shape index (κ1) is 8.97. The zero-order valence-corrected chi connectivity index (χ0v) is 7.21. The molecule has 1 aliphatic rings. The van der Waals surface area contributed by atoms with Gasteiger partial charge in [0.05, 0.1) is 6.61 Å². The molecule has 1 rings (SSSR count). The maximum absolute atomic E-state index is 5.36. The van der Waals surface area contributed by atoms with Gasteiger partial charge in [-0.15, -0.1) is 0 Å². The molecule has 1 fully saturated rings. The molecule has 0 bridgehead atoms. The molecule has 0 N–H and O–H groups in total. The molecule has 0 aromatic rings. The maximum atomic E-state index is 5.36. The molecule has 3 heteroatoms. The van der Waals surface area contributed by atoms with Crippen LogP contribution in [0.4, 0.5) is 0 Å². The monoisotopic (exact) mass is 160 g/mol. The number of rotatable bonds is 4. The van der Waals surface area contributed by atoms with Crippen molar-refractivity contribution in [1.29, 1.82) is 0 Å². The highest BCUT2D eigenvalue weighted by molar-refractivity contribution is 4.67. The van der Waals surface area contributed by atoms with Gasteiger partial charge in [0, 0.05) is 13.0 Å². The lowest BCUT2D eigenvalue weighted by molar-refractivity contribution is -0.181. The third kappa shape index (κ3) is 2.43. The Hall–Kier alpha value is -0.120. The normalized spacial score (nSPS) is 31.1. The van der Waals surface area contributed by atoms with Gasteiger partial charge in [0.2, 0.25) is 0 Å². The van der Waals surface area contributed by atoms with Gasteiger partial charge in [0.25, 0.3) is 0 Å². The van der Waals surface area contributed by atoms with Crippen molar-refractivity contribution in [3.05, 3.63) is 0 Å². The van der Waals surface area contributed by atoms with Crippen molar-refractivity contribution in [3.63, 3.8) is 0 Å². The van der Waals surface area contributed by atoms with Crippen molar-refractivity contribution in [3.8, 4) is 0 Å². The highest BCUT2D eigenvalue weighted by atomic mass is 16.7. The van der Waals surface area contributed by atoms with E-state index in [1.54, 1.807) is 7.11 Å². The molecular weight excluding hydrogens is 144 g/mol. The Morgan fingerprint density at radius 3 is 3.00 bits per heavy atom. The molecule has 1 aliphatic heterocycles. The summed E-state index contributed by atoms with van der Waals surface area (Å²) in [5.74, 6) is 0.560. The van der Waals surface area contributed by atoms with Crippen LogP contribution in [-0.4, -0.2) is 26.8 Å². The minimum atomic E-state index is -0.0278. The van der Waals surface area contributed by atoms with Gasteiger partial charge in [-0.2, -0.15) is 0 Å². The molecule has 0 aliphatic carbocycles. The van der Waals surface area contributed by atoms with Crippen LogP contribution in [-0.2, 0) is 14.2 Å². The summed E-state index contributed by atoms with van der Waals surface area (Å²) >= 11 is 0. The predicted octanol–water partition coefficient (Wildman–Crippen LogP) is 1.38. The Kier molecular flexibility index (Phi) is 3.83. The molecule has 3 nitrogen and oxygen atoms in total. The minimum absolute atomic E-state index is 0.0278. The Balaban J connectivity index is 2.20. The molecule has 0 amide bonds. The fourth-order valence-corrected chi connectivity index (χ4v) is 1.32. The quantitative estimate of drug-likeness (QED) is 0.581. The number of ether oxygens (including phenoxy) is 3. The van der Waals surface area contributed by atoms with Crippen molar-refractivity contribution in [2.24, 2.45) is 5.92 Å². The Labute approximate surface area is 67.6 Å². The van der Waals surface area contributed by atoms with Crippen molar-refractivity contribution < 1.29 is 14.2 Å². The van der Waals surface area contributed by atoms with Crippen LogP contribution >= 0.6 is 0 Å². The number of methoxy groups -OCH3 is 1. The Morgan fingerprint density at radius 1 is 1.55 bits per heavy atom. The molecule has 1 unspecified atom stereocenters. The van der Waals surface area contributed by atoms with E-state index in [0.717, 1.165) is 19.4 Å². The molecule has 1 saturated heterocycles. The molecule has 11 heavy (non-hydrogen) atoms. The Bertz CT molecular complexity index is 106. The average Bonchev–Trinajstić information content (AvgIpc) is 2.47. The van der Waals surface area contributed by atoms with Crippen LogP contribution in [0.3, 0.4) is 0 Å². The standard InChI is InChI=1S/C8H16O3/c1-3-7-4-5-10-8(7)11-6-9-2/h7-8H,3-6H2,1-2H3/t7-,8?/m1/s1. The van der Waals surface area contributed by atoms with E-state index in [9.17, 15) is 0 Å². The van der Waals surface area contributed by atoms with Crippen LogP contribution in [0.1, 0.15) is 19.8 Å². The van der Waals surface area contributed by atoms with Crippen molar-refractivity contribution in [2.75, 3.05) is 20.5 Å². The van der Waals surface area contributed by atoms with E-state index in [4.69, 9.17) is 14.2 Å². The van der Waals surface area contributed by atoms with Crippen LogP contribution in [0.25, 0.3) is 0 Å². The molecule has 0 spiro atoms. The SMILES string of the molecule is CC[C@@H]1CCOC1OCOC. The molecule has 66 valence electrons. The van der Waals surface area contributed by atoms with E-state index < -0.39 is 0 Å². The van der Waals surface area contributed by atoms with Gasteiger partial charge in [0.1, 0.15) is 6.79 Å². The molecular formula is C8H16O3. The van der Waals surface area contributed by atoms with Gasteiger partial charge < -0.3 is 14.2 Å². The van der Waals surface area contributed by atoms with E-state index in [1.807, 2.05) is 0 Å². The van der Waals surface area contributed by atoms with Gasteiger partial charge in [0.15, 0.2) is 6.29 Å². The number of hydrogen-bond acceptors (Lipinski definition) is 3. The second kappa shape index (κ2) is 4.70. The summed E-state index contributed by atoms with van der Waals surface area (Å²) < 4.78 is 15.5. The first-order valence-electron chi connectivity index (χ1n) is 4.10. The number of hydrogen-bond donors (Lipinski definition) is 0. The fourth-order valence-electron chi connectivity index (χ4n) is 1.32. The summed E-state index contributed by atoms with van der Waals surface area (Å²) in [5.41, 5.74) is 0. The van der Waals surface area contributed by atoms with Crippen molar-refractivity contribution in [1.82, 2.24) is 0 Å². The van der Waals surface area contributed by atoms with Crippen LogP contribution < -0.4 is 0 Å². The van der Waals surface area contributed by atoms with E-state index in [-0.39, 0.29) is 6.29 Å². The summed E-state index contributed by atoms with van der Waals surface area (Å²) in [6, 6.07) is 0. The average molecular weight is 160 g/mol. The van der Waals surface area contributed by atoms with Gasteiger partial charge in [-0.3, -0.25) is 0 Å². The van der Waals surface area contributed by atoms with E-state index >= 15 is 0 Å². The van der Waals surface area contributed by atoms with E-state index in [2.05, 4.69) is 6.92 Å². The second-order valence-corrected chi connectivity index (χ2v) is 2.77. The highest BCUT2D eigenvalue weighted by Crippen LogP contribution is 2.24. The van der Waals surface area contributed by atoms with Gasteiger partial charge >= 0.3 is 0 Å². The summed E-state index contributed by atoms with van der Waals surface area (Å²) in [7, 11) is 1.62. The van der Waals surface area contributed by atoms with E-state index in [0.29, 0.717) is 12.7 Å². The predicted molar refractivity (Wildman–Crippen MR) is 41.1 cm³/mol. The summed E-state index contributed by atoms with van der Waals surface area (Å²) in [4.78, 5) is 0.